The number of carboxylic acid groups (broad SMARTS) is 1. The molecule has 1 aromatic rings. The predicted octanol–water partition coefficient (Wildman–Crippen LogP) is 2.06. The maximum Gasteiger partial charge on any atom is 0.307 e. The van der Waals surface area contributed by atoms with Crippen molar-refractivity contribution in [2.45, 2.75) is 40.2 Å². The molecule has 0 aliphatic carbocycles. The average Bonchev–Trinajstić information content (AvgIpc) is 2.23. The van der Waals surface area contributed by atoms with Crippen LogP contribution in [0.1, 0.15) is 42.7 Å². The van der Waals surface area contributed by atoms with Crippen molar-refractivity contribution in [3.8, 4) is 0 Å². The monoisotopic (exact) mass is 252 g/mol. The first-order chi connectivity index (χ1) is 8.36. The molecule has 0 saturated carbocycles. The number of hydrogen-bond acceptors (Lipinski definition) is 4. The lowest BCUT2D eigenvalue weighted by molar-refractivity contribution is -0.136. The highest BCUT2D eigenvalue weighted by molar-refractivity contribution is 5.70. The number of ether oxygens (including phenoxy) is 1. The summed E-state index contributed by atoms with van der Waals surface area (Å²) in [6, 6.07) is 0. The summed E-state index contributed by atoms with van der Waals surface area (Å²) in [4.78, 5) is 19.5. The molecule has 1 rings (SSSR count). The minimum absolute atomic E-state index is 0.0444. The first-order valence-electron chi connectivity index (χ1n) is 5.95. The van der Waals surface area contributed by atoms with Crippen molar-refractivity contribution in [2.75, 3.05) is 7.11 Å². The van der Waals surface area contributed by atoms with Crippen LogP contribution in [-0.4, -0.2) is 28.2 Å². The van der Waals surface area contributed by atoms with E-state index in [1.807, 2.05) is 27.7 Å². The second-order valence-corrected chi connectivity index (χ2v) is 4.70. The summed E-state index contributed by atoms with van der Waals surface area (Å²) in [5.41, 5.74) is 2.11. The Balaban J connectivity index is 3.16. The number of aromatic nitrogens is 2. The smallest absolute Gasteiger partial charge is 0.307 e. The van der Waals surface area contributed by atoms with Crippen molar-refractivity contribution in [1.29, 1.82) is 0 Å². The molecule has 0 aliphatic heterocycles. The van der Waals surface area contributed by atoms with E-state index in [4.69, 9.17) is 9.84 Å². The van der Waals surface area contributed by atoms with E-state index in [1.165, 1.54) is 0 Å². The van der Waals surface area contributed by atoms with Gasteiger partial charge in [0.2, 0.25) is 0 Å². The zero-order valence-corrected chi connectivity index (χ0v) is 11.5. The summed E-state index contributed by atoms with van der Waals surface area (Å²) in [7, 11) is 1.63. The predicted molar refractivity (Wildman–Crippen MR) is 67.4 cm³/mol. The summed E-state index contributed by atoms with van der Waals surface area (Å²) in [6.45, 7) is 7.69. The molecule has 0 bridgehead atoms. The number of aryl methyl sites for hydroxylation is 2. The number of carbonyl (C=O) groups is 1. The van der Waals surface area contributed by atoms with Crippen LogP contribution < -0.4 is 0 Å². The molecule has 5 heteroatoms. The molecule has 0 spiro atoms. The third-order valence-electron chi connectivity index (χ3n) is 2.88. The fourth-order valence-corrected chi connectivity index (χ4v) is 1.98. The van der Waals surface area contributed by atoms with Gasteiger partial charge in [-0.05, 0) is 19.8 Å². The van der Waals surface area contributed by atoms with Crippen molar-refractivity contribution >= 4 is 5.97 Å². The summed E-state index contributed by atoms with van der Waals surface area (Å²) in [5, 5.41) is 8.85. The Kier molecular flexibility index (Phi) is 4.78. The van der Waals surface area contributed by atoms with Crippen LogP contribution in [0.5, 0.6) is 0 Å². The molecule has 1 N–H and O–H groups in total. The number of methoxy groups -OCH3 is 1. The van der Waals surface area contributed by atoms with E-state index in [2.05, 4.69) is 9.97 Å². The summed E-state index contributed by atoms with van der Waals surface area (Å²) < 4.78 is 5.39. The summed E-state index contributed by atoms with van der Waals surface area (Å²) in [6.07, 6.45) is -0.210. The van der Waals surface area contributed by atoms with Crippen LogP contribution >= 0.6 is 0 Å². The molecule has 0 fully saturated rings. The molecule has 0 aliphatic rings. The first-order valence-corrected chi connectivity index (χ1v) is 5.95. The van der Waals surface area contributed by atoms with Crippen molar-refractivity contribution in [3.63, 3.8) is 0 Å². The topological polar surface area (TPSA) is 72.3 Å². The van der Waals surface area contributed by atoms with E-state index in [0.29, 0.717) is 22.8 Å². The van der Waals surface area contributed by atoms with Crippen LogP contribution in [0.15, 0.2) is 0 Å². The molecule has 1 aromatic heterocycles. The molecule has 18 heavy (non-hydrogen) atoms. The van der Waals surface area contributed by atoms with Crippen LogP contribution in [0.4, 0.5) is 0 Å². The van der Waals surface area contributed by atoms with E-state index in [0.717, 1.165) is 0 Å². The van der Waals surface area contributed by atoms with Crippen molar-refractivity contribution in [1.82, 2.24) is 9.97 Å². The Morgan fingerprint density at radius 2 is 1.78 bits per heavy atom. The molecule has 0 radical (unpaired) electrons. The second kappa shape index (κ2) is 5.91. The van der Waals surface area contributed by atoms with Crippen LogP contribution in [0.3, 0.4) is 0 Å². The second-order valence-electron chi connectivity index (χ2n) is 4.70. The Morgan fingerprint density at radius 1 is 1.28 bits per heavy atom. The van der Waals surface area contributed by atoms with Gasteiger partial charge in [-0.2, -0.15) is 0 Å². The molecule has 1 heterocycles. The van der Waals surface area contributed by atoms with Gasteiger partial charge < -0.3 is 9.84 Å². The van der Waals surface area contributed by atoms with E-state index in [9.17, 15) is 4.79 Å². The van der Waals surface area contributed by atoms with Crippen LogP contribution in [0.25, 0.3) is 0 Å². The third-order valence-corrected chi connectivity index (χ3v) is 2.88. The van der Waals surface area contributed by atoms with Gasteiger partial charge in [-0.3, -0.25) is 4.79 Å². The molecule has 0 aromatic carbocycles. The highest BCUT2D eigenvalue weighted by Crippen LogP contribution is 2.23. The zero-order chi connectivity index (χ0) is 13.9. The average molecular weight is 252 g/mol. The lowest BCUT2D eigenvalue weighted by Crippen LogP contribution is -2.16. The quantitative estimate of drug-likeness (QED) is 0.868. The number of carboxylic acids is 1. The van der Waals surface area contributed by atoms with Crippen LogP contribution in [0.2, 0.25) is 0 Å². The standard InChI is InChI=1S/C13H20N2O3/c1-7(2)12(18-5)13-14-8(3)10(6-11(16)17)9(4)15-13/h7,12H,6H2,1-5H3,(H,16,17). The molecular formula is C13H20N2O3. The van der Waals surface area contributed by atoms with Gasteiger partial charge in [0.15, 0.2) is 5.82 Å². The molecule has 1 atom stereocenters. The molecular weight excluding hydrogens is 232 g/mol. The molecule has 5 nitrogen and oxygen atoms in total. The van der Waals surface area contributed by atoms with Gasteiger partial charge in [0.05, 0.1) is 6.42 Å². The van der Waals surface area contributed by atoms with E-state index >= 15 is 0 Å². The van der Waals surface area contributed by atoms with Gasteiger partial charge in [0.25, 0.3) is 0 Å². The van der Waals surface area contributed by atoms with E-state index in [-0.39, 0.29) is 18.4 Å². The first kappa shape index (κ1) is 14.6. The van der Waals surface area contributed by atoms with Gasteiger partial charge in [-0.15, -0.1) is 0 Å². The number of nitrogens with zero attached hydrogens (tertiary/aromatic N) is 2. The van der Waals surface area contributed by atoms with Crippen molar-refractivity contribution in [3.05, 3.63) is 22.8 Å². The summed E-state index contributed by atoms with van der Waals surface area (Å²) in [5.74, 6) is 0.0143. The molecule has 0 amide bonds. The maximum absolute atomic E-state index is 10.8. The molecule has 0 saturated heterocycles. The Bertz CT molecular complexity index is 421. The van der Waals surface area contributed by atoms with E-state index in [1.54, 1.807) is 7.11 Å². The maximum atomic E-state index is 10.8. The van der Waals surface area contributed by atoms with Crippen molar-refractivity contribution < 1.29 is 14.6 Å². The zero-order valence-electron chi connectivity index (χ0n) is 11.5. The lowest BCUT2D eigenvalue weighted by atomic mass is 10.0. The highest BCUT2D eigenvalue weighted by Gasteiger charge is 2.20. The Hall–Kier alpha value is -1.49. The fourth-order valence-electron chi connectivity index (χ4n) is 1.98. The van der Waals surface area contributed by atoms with Gasteiger partial charge in [-0.1, -0.05) is 13.8 Å². The van der Waals surface area contributed by atoms with Gasteiger partial charge in [0.1, 0.15) is 6.10 Å². The minimum Gasteiger partial charge on any atom is -0.481 e. The normalized spacial score (nSPS) is 12.8. The highest BCUT2D eigenvalue weighted by atomic mass is 16.5. The van der Waals surface area contributed by atoms with Gasteiger partial charge in [0, 0.05) is 24.1 Å². The number of rotatable bonds is 5. The Morgan fingerprint density at radius 3 is 2.11 bits per heavy atom. The lowest BCUT2D eigenvalue weighted by Gasteiger charge is -2.19. The van der Waals surface area contributed by atoms with Gasteiger partial charge in [-0.25, -0.2) is 9.97 Å². The largest absolute Gasteiger partial charge is 0.481 e. The minimum atomic E-state index is -0.871. The molecule has 100 valence electrons. The third kappa shape index (κ3) is 3.26. The fraction of sp³-hybridized carbons (Fsp3) is 0.615. The SMILES string of the molecule is COC(c1nc(C)c(CC(=O)O)c(C)n1)C(C)C. The Labute approximate surface area is 107 Å². The number of hydrogen-bond donors (Lipinski definition) is 1. The molecule has 1 unspecified atom stereocenters. The van der Waals surface area contributed by atoms with Crippen LogP contribution in [-0.2, 0) is 16.0 Å². The van der Waals surface area contributed by atoms with Crippen LogP contribution in [0, 0.1) is 19.8 Å². The number of aliphatic carboxylic acids is 1. The van der Waals surface area contributed by atoms with Gasteiger partial charge >= 0.3 is 5.97 Å². The summed E-state index contributed by atoms with van der Waals surface area (Å²) >= 11 is 0. The van der Waals surface area contributed by atoms with E-state index < -0.39 is 5.97 Å². The van der Waals surface area contributed by atoms with Crippen molar-refractivity contribution in [2.24, 2.45) is 5.92 Å².